The minimum atomic E-state index is -1.88. The number of hydrogen-bond acceptors (Lipinski definition) is 17. The van der Waals surface area contributed by atoms with Crippen LogP contribution in [-0.4, -0.2) is 110 Å². The summed E-state index contributed by atoms with van der Waals surface area (Å²) < 4.78 is 69.0. The van der Waals surface area contributed by atoms with Crippen LogP contribution in [0.1, 0.15) is 70.6 Å². The van der Waals surface area contributed by atoms with E-state index in [1.54, 1.807) is 115 Å². The summed E-state index contributed by atoms with van der Waals surface area (Å²) in [6.45, 7) is 0.281. The van der Waals surface area contributed by atoms with Crippen LogP contribution in [0.25, 0.3) is 0 Å². The van der Waals surface area contributed by atoms with E-state index in [1.165, 1.54) is 60.7 Å². The van der Waals surface area contributed by atoms with Crippen molar-refractivity contribution >= 4 is 35.8 Å². The first kappa shape index (κ1) is 49.9. The smallest absolute Gasteiger partial charge is 0.340 e. The van der Waals surface area contributed by atoms with Crippen LogP contribution >= 0.6 is 0 Å². The molecule has 11 atom stereocenters. The van der Waals surface area contributed by atoms with Crippen LogP contribution in [0.3, 0.4) is 0 Å². The number of hydrogen-bond donors (Lipinski definition) is 0. The Morgan fingerprint density at radius 3 is 1.32 bits per heavy atom. The van der Waals surface area contributed by atoms with Crippen LogP contribution in [-0.2, 0) is 56.9 Å². The number of benzene rings is 6. The summed E-state index contributed by atoms with van der Waals surface area (Å²) in [5, 5.41) is 0. The Hall–Kier alpha value is -8.06. The van der Waals surface area contributed by atoms with Gasteiger partial charge < -0.3 is 52.1 Å². The first-order chi connectivity index (χ1) is 35.6. The Morgan fingerprint density at radius 2 is 0.836 bits per heavy atom. The normalized spacial score (nSPS) is 25.4. The second kappa shape index (κ2) is 23.4. The Morgan fingerprint density at radius 1 is 0.425 bits per heavy atom. The molecule has 374 valence electrons. The van der Waals surface area contributed by atoms with Gasteiger partial charge in [0.1, 0.15) is 31.0 Å². The molecule has 0 radical (unpaired) electrons. The van der Waals surface area contributed by atoms with Gasteiger partial charge in [-0.15, -0.1) is 0 Å². The molecule has 17 heteroatoms. The van der Waals surface area contributed by atoms with E-state index in [0.717, 1.165) is 6.92 Å². The molecular weight excluding hydrogens is 945 g/mol. The quantitative estimate of drug-likeness (QED) is 0.0734. The lowest BCUT2D eigenvalue weighted by molar-refractivity contribution is -0.382. The summed E-state index contributed by atoms with van der Waals surface area (Å²) in [6, 6.07) is 48.6. The minimum absolute atomic E-state index is 0.0534. The van der Waals surface area contributed by atoms with Crippen molar-refractivity contribution in [1.82, 2.24) is 0 Å². The van der Waals surface area contributed by atoms with Gasteiger partial charge in [-0.1, -0.05) is 121 Å². The Bertz CT molecular complexity index is 2820. The topological polar surface area (TPSA) is 204 Å². The van der Waals surface area contributed by atoms with Crippen molar-refractivity contribution in [3.05, 3.63) is 215 Å². The van der Waals surface area contributed by atoms with Crippen molar-refractivity contribution in [2.45, 2.75) is 74.6 Å². The zero-order chi connectivity index (χ0) is 50.7. The summed E-state index contributed by atoms with van der Waals surface area (Å²) in [5.41, 5.74) is 1.15. The molecule has 3 fully saturated rings. The van der Waals surface area contributed by atoms with E-state index in [0.29, 0.717) is 5.56 Å². The molecule has 0 saturated carbocycles. The molecule has 0 N–H and O–H groups in total. The summed E-state index contributed by atoms with van der Waals surface area (Å²) >= 11 is 0. The highest BCUT2D eigenvalue weighted by Gasteiger charge is 2.59. The summed E-state index contributed by atoms with van der Waals surface area (Å²) in [4.78, 5) is 83.4. The van der Waals surface area contributed by atoms with Crippen LogP contribution in [0.2, 0.25) is 0 Å². The molecule has 3 aliphatic heterocycles. The van der Waals surface area contributed by atoms with Crippen molar-refractivity contribution in [3.8, 4) is 0 Å². The fraction of sp³-hybridized carbons (Fsp3) is 0.250. The molecule has 0 aromatic heterocycles. The highest BCUT2D eigenvalue weighted by molar-refractivity contribution is 5.92. The van der Waals surface area contributed by atoms with Gasteiger partial charge in [0.05, 0.1) is 34.4 Å². The van der Waals surface area contributed by atoms with Crippen LogP contribution in [0, 0.1) is 0 Å². The summed E-state index contributed by atoms with van der Waals surface area (Å²) in [6.07, 6.45) is -17.0. The number of rotatable bonds is 15. The average molecular weight is 993 g/mol. The third-order valence-electron chi connectivity index (χ3n) is 11.9. The number of carbonyl (C=O) groups is 6. The molecule has 6 aromatic rings. The van der Waals surface area contributed by atoms with E-state index in [-0.39, 0.29) is 34.4 Å². The van der Waals surface area contributed by atoms with E-state index < -0.39 is 110 Å². The molecule has 0 spiro atoms. The standard InChI is InChI=1S/C56H48O17/c1-34(57)65-47-45(68-50(59)36-22-10-3-11-23-36)43-42(33-64-54(71-43)40-30-18-7-19-31-40)66-55(47)72-44-41(32-63-49(58)35-20-8-2-9-21-35)67-56(73-53(62)39-28-16-6-17-29-39)48(70-52(61)38-26-14-5-15-27-38)46(44)69-51(60)37-24-12-4-13-25-37/h2-31,41-48,54-56H,32-33H2,1H3/t41-,42-,43+,44-,45+,46+,47-,48+,54?,55+,56-/m1/s1. The Balaban J connectivity index is 1.15. The van der Waals surface area contributed by atoms with Gasteiger partial charge in [0.2, 0.25) is 12.4 Å². The van der Waals surface area contributed by atoms with Gasteiger partial charge in [-0.05, 0) is 60.7 Å². The lowest BCUT2D eigenvalue weighted by Crippen LogP contribution is -2.68. The van der Waals surface area contributed by atoms with E-state index in [2.05, 4.69) is 0 Å². The first-order valence-corrected chi connectivity index (χ1v) is 23.3. The van der Waals surface area contributed by atoms with Crippen molar-refractivity contribution < 1.29 is 80.9 Å². The van der Waals surface area contributed by atoms with Gasteiger partial charge in [0.25, 0.3) is 0 Å². The highest BCUT2D eigenvalue weighted by atomic mass is 16.8. The molecule has 0 bridgehead atoms. The van der Waals surface area contributed by atoms with E-state index in [9.17, 15) is 28.8 Å². The second-order valence-corrected chi connectivity index (χ2v) is 16.9. The number of carbonyl (C=O) groups excluding carboxylic acids is 6. The largest absolute Gasteiger partial charge is 0.459 e. The maximum Gasteiger partial charge on any atom is 0.340 e. The van der Waals surface area contributed by atoms with Gasteiger partial charge in [-0.25, -0.2) is 24.0 Å². The van der Waals surface area contributed by atoms with Crippen LogP contribution < -0.4 is 0 Å². The maximum atomic E-state index is 14.4. The van der Waals surface area contributed by atoms with Crippen LogP contribution in [0.4, 0.5) is 0 Å². The molecule has 6 aromatic carbocycles. The SMILES string of the molecule is CC(=O)O[C@H]1[C@H](O[C@H]2[C@H](OC(=O)c3ccccc3)[C@H](OC(=O)c3ccccc3)[C@@H](OC(=O)c3ccccc3)O[C@@H]2COC(=O)c2ccccc2)O[C@@H]2COC(c3ccccc3)O[C@@H]2[C@@H]1OC(=O)c1ccccc1. The van der Waals surface area contributed by atoms with E-state index in [1.807, 2.05) is 6.07 Å². The fourth-order valence-electron chi connectivity index (χ4n) is 8.43. The Kier molecular flexibility index (Phi) is 16.0. The van der Waals surface area contributed by atoms with Crippen LogP contribution in [0.15, 0.2) is 182 Å². The van der Waals surface area contributed by atoms with Crippen molar-refractivity contribution in [3.63, 3.8) is 0 Å². The predicted octanol–water partition coefficient (Wildman–Crippen LogP) is 7.26. The van der Waals surface area contributed by atoms with Gasteiger partial charge in [-0.3, -0.25) is 4.79 Å². The average Bonchev–Trinajstić information content (AvgIpc) is 3.43. The second-order valence-electron chi connectivity index (χ2n) is 16.9. The highest BCUT2D eigenvalue weighted by Crippen LogP contribution is 2.40. The molecule has 1 unspecified atom stereocenters. The summed E-state index contributed by atoms with van der Waals surface area (Å²) in [7, 11) is 0. The third-order valence-corrected chi connectivity index (χ3v) is 11.9. The number of esters is 6. The molecular formula is C56H48O17. The molecule has 3 saturated heterocycles. The molecule has 17 nitrogen and oxygen atoms in total. The summed E-state index contributed by atoms with van der Waals surface area (Å²) in [5.74, 6) is -5.29. The molecule has 73 heavy (non-hydrogen) atoms. The zero-order valence-corrected chi connectivity index (χ0v) is 39.0. The monoisotopic (exact) mass is 992 g/mol. The lowest BCUT2D eigenvalue weighted by atomic mass is 9.95. The van der Waals surface area contributed by atoms with Gasteiger partial charge in [0, 0.05) is 12.5 Å². The lowest BCUT2D eigenvalue weighted by Gasteiger charge is -2.50. The molecule has 3 heterocycles. The Labute approximate surface area is 418 Å². The molecule has 0 amide bonds. The molecule has 3 aliphatic rings. The zero-order valence-electron chi connectivity index (χ0n) is 39.0. The van der Waals surface area contributed by atoms with Crippen molar-refractivity contribution in [2.24, 2.45) is 0 Å². The minimum Gasteiger partial charge on any atom is -0.459 e. The molecule has 9 rings (SSSR count). The van der Waals surface area contributed by atoms with E-state index >= 15 is 0 Å². The van der Waals surface area contributed by atoms with Gasteiger partial charge in [0.15, 0.2) is 30.9 Å². The molecule has 0 aliphatic carbocycles. The predicted molar refractivity (Wildman–Crippen MR) is 253 cm³/mol. The number of fused-ring (bicyclic) bond motifs is 1. The van der Waals surface area contributed by atoms with Gasteiger partial charge in [-0.2, -0.15) is 0 Å². The fourth-order valence-corrected chi connectivity index (χ4v) is 8.43. The van der Waals surface area contributed by atoms with Crippen molar-refractivity contribution in [2.75, 3.05) is 13.2 Å². The van der Waals surface area contributed by atoms with Crippen molar-refractivity contribution in [1.29, 1.82) is 0 Å². The third kappa shape index (κ3) is 12.2. The maximum absolute atomic E-state index is 14.4. The van der Waals surface area contributed by atoms with Gasteiger partial charge >= 0.3 is 35.8 Å². The number of ether oxygens (including phenoxy) is 11. The first-order valence-electron chi connectivity index (χ1n) is 23.3. The van der Waals surface area contributed by atoms with Crippen LogP contribution in [0.5, 0.6) is 0 Å². The van der Waals surface area contributed by atoms with E-state index in [4.69, 9.17) is 52.1 Å².